The maximum Gasteiger partial charge on any atom is 0.0901 e. The Morgan fingerprint density at radius 2 is 1.86 bits per heavy atom. The molecule has 0 fully saturated rings. The second-order valence-corrected chi connectivity index (χ2v) is 6.13. The molecule has 2 nitrogen and oxygen atoms in total. The molecule has 0 bridgehead atoms. The van der Waals surface area contributed by atoms with Gasteiger partial charge in [-0.05, 0) is 48.4 Å². The minimum atomic E-state index is -0.551. The predicted octanol–water partition coefficient (Wildman–Crippen LogP) is 3.26. The molecule has 21 heavy (non-hydrogen) atoms. The number of hydrogen-bond acceptors (Lipinski definition) is 2. The highest BCUT2D eigenvalue weighted by Crippen LogP contribution is 2.45. The molecule has 0 radical (unpaired) electrons. The van der Waals surface area contributed by atoms with E-state index < -0.39 is 6.10 Å². The van der Waals surface area contributed by atoms with Crippen molar-refractivity contribution in [1.82, 2.24) is 0 Å². The molecule has 2 atom stereocenters. The van der Waals surface area contributed by atoms with Crippen LogP contribution < -0.4 is 5.73 Å². The van der Waals surface area contributed by atoms with Crippen LogP contribution >= 0.6 is 0 Å². The quantitative estimate of drug-likeness (QED) is 0.907. The third-order valence-electron chi connectivity index (χ3n) is 4.99. The van der Waals surface area contributed by atoms with Crippen LogP contribution in [0, 0.1) is 6.92 Å². The van der Waals surface area contributed by atoms with Crippen molar-refractivity contribution in [3.8, 4) is 0 Å². The van der Waals surface area contributed by atoms with Gasteiger partial charge in [0.1, 0.15) is 0 Å². The highest BCUT2D eigenvalue weighted by atomic mass is 16.3. The third kappa shape index (κ3) is 2.29. The van der Waals surface area contributed by atoms with Gasteiger partial charge in [0.2, 0.25) is 0 Å². The minimum absolute atomic E-state index is 0.360. The number of aryl methyl sites for hydroxylation is 2. The van der Waals surface area contributed by atoms with Gasteiger partial charge in [-0.15, -0.1) is 0 Å². The Bertz CT molecular complexity index is 637. The molecule has 0 aromatic heterocycles. The van der Waals surface area contributed by atoms with E-state index in [1.54, 1.807) is 0 Å². The summed E-state index contributed by atoms with van der Waals surface area (Å²) in [6, 6.07) is 16.5. The van der Waals surface area contributed by atoms with Gasteiger partial charge in [0.15, 0.2) is 0 Å². The molecule has 1 aliphatic carbocycles. The molecule has 0 aliphatic heterocycles. The maximum atomic E-state index is 11.1. The van der Waals surface area contributed by atoms with Crippen molar-refractivity contribution in [3.63, 3.8) is 0 Å². The first-order valence-corrected chi connectivity index (χ1v) is 7.71. The Kier molecular flexibility index (Phi) is 3.83. The first-order valence-electron chi connectivity index (χ1n) is 7.71. The predicted molar refractivity (Wildman–Crippen MR) is 86.3 cm³/mol. The first kappa shape index (κ1) is 14.3. The fourth-order valence-corrected chi connectivity index (χ4v) is 3.75. The van der Waals surface area contributed by atoms with E-state index in [4.69, 9.17) is 5.73 Å². The van der Waals surface area contributed by atoms with E-state index in [1.807, 2.05) is 18.2 Å². The monoisotopic (exact) mass is 281 g/mol. The van der Waals surface area contributed by atoms with Gasteiger partial charge in [-0.2, -0.15) is 0 Å². The number of rotatable bonds is 3. The summed E-state index contributed by atoms with van der Waals surface area (Å²) in [6.07, 6.45) is 2.55. The number of nitrogens with two attached hydrogens (primary N) is 1. The molecule has 2 unspecified atom stereocenters. The van der Waals surface area contributed by atoms with E-state index in [0.717, 1.165) is 30.4 Å². The van der Waals surface area contributed by atoms with Crippen LogP contribution in [-0.4, -0.2) is 11.7 Å². The fraction of sp³-hybridized carbons (Fsp3) is 0.368. The molecule has 0 saturated carbocycles. The van der Waals surface area contributed by atoms with Gasteiger partial charge >= 0.3 is 0 Å². The maximum absolute atomic E-state index is 11.1. The Balaban J connectivity index is 2.12. The van der Waals surface area contributed by atoms with Crippen LogP contribution in [0.2, 0.25) is 0 Å². The van der Waals surface area contributed by atoms with E-state index >= 15 is 0 Å². The molecule has 2 aromatic carbocycles. The molecule has 2 aromatic rings. The number of aliphatic hydroxyl groups is 1. The fourth-order valence-electron chi connectivity index (χ4n) is 3.75. The second-order valence-electron chi connectivity index (χ2n) is 6.13. The lowest BCUT2D eigenvalue weighted by Gasteiger charge is -2.42. The van der Waals surface area contributed by atoms with Crippen molar-refractivity contribution >= 4 is 0 Å². The first-order chi connectivity index (χ1) is 10.2. The molecule has 0 amide bonds. The smallest absolute Gasteiger partial charge is 0.0901 e. The van der Waals surface area contributed by atoms with Crippen LogP contribution in [0.15, 0.2) is 48.5 Å². The number of aliphatic hydroxyl groups excluding tert-OH is 1. The normalized spacial score (nSPS) is 22.6. The van der Waals surface area contributed by atoms with E-state index in [1.165, 1.54) is 11.1 Å². The molecular formula is C19H23NO. The third-order valence-corrected chi connectivity index (χ3v) is 4.99. The molecule has 110 valence electrons. The summed E-state index contributed by atoms with van der Waals surface area (Å²) in [4.78, 5) is 0. The number of fused-ring (bicyclic) bond motifs is 1. The van der Waals surface area contributed by atoms with E-state index in [2.05, 4.69) is 37.3 Å². The highest BCUT2D eigenvalue weighted by Gasteiger charge is 2.42. The van der Waals surface area contributed by atoms with Gasteiger partial charge in [0.25, 0.3) is 0 Å². The standard InChI is InChI=1S/C19H23NO/c1-14-7-2-4-10-16(14)18(21)19(13-20)12-6-9-15-8-3-5-11-17(15)19/h2-5,7-8,10-11,18,21H,6,9,12-13,20H2,1H3. The van der Waals surface area contributed by atoms with Crippen LogP contribution in [0.3, 0.4) is 0 Å². The summed E-state index contributed by atoms with van der Waals surface area (Å²) in [5, 5.41) is 11.1. The van der Waals surface area contributed by atoms with Crippen molar-refractivity contribution in [3.05, 3.63) is 70.8 Å². The van der Waals surface area contributed by atoms with Crippen molar-refractivity contribution < 1.29 is 5.11 Å². The van der Waals surface area contributed by atoms with E-state index in [9.17, 15) is 5.11 Å². The Morgan fingerprint density at radius 1 is 1.14 bits per heavy atom. The lowest BCUT2D eigenvalue weighted by Crippen LogP contribution is -2.44. The van der Waals surface area contributed by atoms with E-state index in [0.29, 0.717) is 6.54 Å². The van der Waals surface area contributed by atoms with Gasteiger partial charge in [0.05, 0.1) is 6.10 Å². The summed E-state index contributed by atoms with van der Waals surface area (Å²) in [5.74, 6) is 0. The lowest BCUT2D eigenvalue weighted by atomic mass is 9.65. The molecule has 3 rings (SSSR count). The van der Waals surface area contributed by atoms with Gasteiger partial charge in [-0.1, -0.05) is 48.5 Å². The van der Waals surface area contributed by atoms with Crippen molar-refractivity contribution in [2.24, 2.45) is 5.73 Å². The molecule has 3 N–H and O–H groups in total. The van der Waals surface area contributed by atoms with Crippen LogP contribution in [0.4, 0.5) is 0 Å². The molecule has 0 heterocycles. The molecule has 2 heteroatoms. The zero-order valence-electron chi connectivity index (χ0n) is 12.5. The zero-order valence-corrected chi connectivity index (χ0v) is 12.5. The molecular weight excluding hydrogens is 258 g/mol. The topological polar surface area (TPSA) is 46.2 Å². The van der Waals surface area contributed by atoms with Gasteiger partial charge in [-0.25, -0.2) is 0 Å². The molecule has 0 spiro atoms. The number of hydrogen-bond donors (Lipinski definition) is 2. The summed E-state index contributed by atoms with van der Waals surface area (Å²) in [5.41, 5.74) is 10.5. The zero-order chi connectivity index (χ0) is 14.9. The van der Waals surface area contributed by atoms with Crippen molar-refractivity contribution in [2.75, 3.05) is 6.54 Å². The Morgan fingerprint density at radius 3 is 2.62 bits per heavy atom. The van der Waals surface area contributed by atoms with Gasteiger partial charge in [-0.3, -0.25) is 0 Å². The van der Waals surface area contributed by atoms with Crippen LogP contribution in [0.25, 0.3) is 0 Å². The van der Waals surface area contributed by atoms with Gasteiger partial charge in [0, 0.05) is 12.0 Å². The summed E-state index contributed by atoms with van der Waals surface area (Å²) >= 11 is 0. The Hall–Kier alpha value is -1.64. The average Bonchev–Trinajstić information content (AvgIpc) is 2.54. The van der Waals surface area contributed by atoms with Crippen LogP contribution in [0.1, 0.15) is 41.2 Å². The summed E-state index contributed by atoms with van der Waals surface area (Å²) in [7, 11) is 0. The minimum Gasteiger partial charge on any atom is -0.387 e. The molecule has 0 saturated heterocycles. The summed E-state index contributed by atoms with van der Waals surface area (Å²) in [6.45, 7) is 2.52. The van der Waals surface area contributed by atoms with Crippen LogP contribution in [-0.2, 0) is 11.8 Å². The lowest BCUT2D eigenvalue weighted by molar-refractivity contribution is 0.0713. The van der Waals surface area contributed by atoms with Crippen LogP contribution in [0.5, 0.6) is 0 Å². The SMILES string of the molecule is Cc1ccccc1C(O)C1(CN)CCCc2ccccc21. The number of benzene rings is 2. The largest absolute Gasteiger partial charge is 0.387 e. The average molecular weight is 281 g/mol. The van der Waals surface area contributed by atoms with Crippen molar-refractivity contribution in [2.45, 2.75) is 37.7 Å². The van der Waals surface area contributed by atoms with Crippen molar-refractivity contribution in [1.29, 1.82) is 0 Å². The second kappa shape index (κ2) is 5.63. The van der Waals surface area contributed by atoms with E-state index in [-0.39, 0.29) is 5.41 Å². The molecule has 1 aliphatic rings. The Labute approximate surface area is 126 Å². The summed E-state index contributed by atoms with van der Waals surface area (Å²) < 4.78 is 0. The van der Waals surface area contributed by atoms with Gasteiger partial charge < -0.3 is 10.8 Å². The highest BCUT2D eigenvalue weighted by molar-refractivity contribution is 5.42.